The second-order valence-electron chi connectivity index (χ2n) is 5.24. The molecule has 3 heterocycles. The van der Waals surface area contributed by atoms with Crippen molar-refractivity contribution in [2.24, 2.45) is 5.41 Å². The van der Waals surface area contributed by atoms with E-state index in [4.69, 9.17) is 10.5 Å². The number of halogens is 1. The first kappa shape index (κ1) is 14.1. The molecule has 0 bridgehead atoms. The normalized spacial score (nSPS) is 23.1. The maximum Gasteiger partial charge on any atom is 0.180 e. The molecular weight excluding hydrogens is 270 g/mol. The van der Waals surface area contributed by atoms with Gasteiger partial charge in [-0.15, -0.1) is 23.7 Å². The molecule has 0 radical (unpaired) electrons. The minimum absolute atomic E-state index is 0. The van der Waals surface area contributed by atoms with E-state index in [1.165, 1.54) is 37.2 Å². The molecule has 1 aromatic heterocycles. The fourth-order valence-corrected chi connectivity index (χ4v) is 3.72. The zero-order valence-electron chi connectivity index (χ0n) is 10.4. The third-order valence-electron chi connectivity index (χ3n) is 4.02. The molecular formula is C12H20ClN3OS. The van der Waals surface area contributed by atoms with Gasteiger partial charge < -0.3 is 10.5 Å². The van der Waals surface area contributed by atoms with Gasteiger partial charge in [-0.1, -0.05) is 0 Å². The monoisotopic (exact) mass is 289 g/mol. The Morgan fingerprint density at radius 2 is 2.17 bits per heavy atom. The van der Waals surface area contributed by atoms with Crippen LogP contribution >= 0.6 is 23.7 Å². The number of thiazole rings is 1. The number of likely N-dealkylation sites (tertiary alicyclic amines) is 1. The molecule has 18 heavy (non-hydrogen) atoms. The number of nitrogen functional groups attached to an aromatic ring is 1. The van der Waals surface area contributed by atoms with E-state index in [1.807, 2.05) is 6.20 Å². The molecule has 1 aromatic rings. The highest BCUT2D eigenvalue weighted by Crippen LogP contribution is 2.40. The van der Waals surface area contributed by atoms with E-state index >= 15 is 0 Å². The summed E-state index contributed by atoms with van der Waals surface area (Å²) >= 11 is 1.61. The van der Waals surface area contributed by atoms with Crippen molar-refractivity contribution in [2.75, 3.05) is 32.0 Å². The fraction of sp³-hybridized carbons (Fsp3) is 0.750. The first-order valence-corrected chi connectivity index (χ1v) is 7.08. The predicted molar refractivity (Wildman–Crippen MR) is 76.2 cm³/mol. The van der Waals surface area contributed by atoms with Crippen LogP contribution in [0.15, 0.2) is 6.20 Å². The van der Waals surface area contributed by atoms with E-state index in [1.54, 1.807) is 11.3 Å². The van der Waals surface area contributed by atoms with Crippen molar-refractivity contribution in [3.8, 4) is 0 Å². The molecule has 0 atom stereocenters. The summed E-state index contributed by atoms with van der Waals surface area (Å²) in [5, 5.41) is 0.681. The van der Waals surface area contributed by atoms with Gasteiger partial charge in [0.05, 0.1) is 0 Å². The van der Waals surface area contributed by atoms with Crippen LogP contribution in [0.25, 0.3) is 0 Å². The first-order valence-electron chi connectivity index (χ1n) is 6.26. The molecule has 2 aliphatic rings. The molecule has 0 aromatic carbocycles. The molecule has 6 heteroatoms. The minimum atomic E-state index is 0. The lowest BCUT2D eigenvalue weighted by Crippen LogP contribution is -2.32. The summed E-state index contributed by atoms with van der Waals surface area (Å²) in [5.41, 5.74) is 6.20. The van der Waals surface area contributed by atoms with Gasteiger partial charge in [-0.2, -0.15) is 0 Å². The lowest BCUT2D eigenvalue weighted by Gasteiger charge is -2.33. The average molecular weight is 290 g/mol. The summed E-state index contributed by atoms with van der Waals surface area (Å²) < 4.78 is 5.47. The Morgan fingerprint density at radius 3 is 2.83 bits per heavy atom. The predicted octanol–water partition coefficient (Wildman–Crippen LogP) is 2.15. The standard InChI is InChI=1S/C12H19N3OS.ClH/c13-11-14-7-10(17-11)8-15-4-1-12(9-15)2-5-16-6-3-12;/h7H,1-6,8-9H2,(H2,13,14);1H. The van der Waals surface area contributed by atoms with E-state index in [-0.39, 0.29) is 12.4 Å². The van der Waals surface area contributed by atoms with Gasteiger partial charge in [0.15, 0.2) is 5.13 Å². The number of hydrogen-bond donors (Lipinski definition) is 1. The van der Waals surface area contributed by atoms with E-state index in [9.17, 15) is 0 Å². The number of ether oxygens (including phenoxy) is 1. The van der Waals surface area contributed by atoms with Crippen molar-refractivity contribution in [1.29, 1.82) is 0 Å². The Morgan fingerprint density at radius 1 is 1.39 bits per heavy atom. The highest BCUT2D eigenvalue weighted by atomic mass is 35.5. The molecule has 102 valence electrons. The van der Waals surface area contributed by atoms with E-state index in [0.717, 1.165) is 19.8 Å². The Labute approximate surface area is 118 Å². The summed E-state index contributed by atoms with van der Waals surface area (Å²) in [6.45, 7) is 5.33. The Hall–Kier alpha value is -0.360. The number of nitrogens with zero attached hydrogens (tertiary/aromatic N) is 2. The molecule has 2 aliphatic heterocycles. The highest BCUT2D eigenvalue weighted by Gasteiger charge is 2.39. The van der Waals surface area contributed by atoms with Crippen LogP contribution in [0.1, 0.15) is 24.1 Å². The highest BCUT2D eigenvalue weighted by molar-refractivity contribution is 7.15. The number of hydrogen-bond acceptors (Lipinski definition) is 5. The summed E-state index contributed by atoms with van der Waals surface area (Å²) in [5.74, 6) is 0. The van der Waals surface area contributed by atoms with Crippen molar-refractivity contribution in [1.82, 2.24) is 9.88 Å². The van der Waals surface area contributed by atoms with Crippen LogP contribution in [0.2, 0.25) is 0 Å². The maximum atomic E-state index is 5.66. The van der Waals surface area contributed by atoms with Crippen LogP contribution in [-0.4, -0.2) is 36.2 Å². The van der Waals surface area contributed by atoms with Crippen LogP contribution in [0.4, 0.5) is 5.13 Å². The van der Waals surface area contributed by atoms with Crippen LogP contribution in [0.3, 0.4) is 0 Å². The fourth-order valence-electron chi connectivity index (χ4n) is 2.99. The third kappa shape index (κ3) is 2.96. The lowest BCUT2D eigenvalue weighted by molar-refractivity contribution is 0.0191. The molecule has 0 saturated carbocycles. The van der Waals surface area contributed by atoms with Crippen LogP contribution in [-0.2, 0) is 11.3 Å². The van der Waals surface area contributed by atoms with Gasteiger partial charge in [0, 0.05) is 37.4 Å². The molecule has 3 rings (SSSR count). The molecule has 2 fully saturated rings. The SMILES string of the molecule is Cl.Nc1ncc(CN2CCC3(CCOCC3)C2)s1. The Balaban J connectivity index is 0.00000120. The zero-order chi connectivity index (χ0) is 11.7. The van der Waals surface area contributed by atoms with Gasteiger partial charge >= 0.3 is 0 Å². The molecule has 0 amide bonds. The largest absolute Gasteiger partial charge is 0.381 e. The third-order valence-corrected chi connectivity index (χ3v) is 4.83. The van der Waals surface area contributed by atoms with Crippen molar-refractivity contribution >= 4 is 28.9 Å². The van der Waals surface area contributed by atoms with Gasteiger partial charge in [-0.3, -0.25) is 4.90 Å². The van der Waals surface area contributed by atoms with Crippen molar-refractivity contribution in [3.05, 3.63) is 11.1 Å². The van der Waals surface area contributed by atoms with Crippen LogP contribution in [0, 0.1) is 5.41 Å². The Kier molecular flexibility index (Phi) is 4.48. The van der Waals surface area contributed by atoms with Crippen LogP contribution < -0.4 is 5.73 Å². The topological polar surface area (TPSA) is 51.4 Å². The molecule has 2 N–H and O–H groups in total. The molecule has 2 saturated heterocycles. The van der Waals surface area contributed by atoms with E-state index in [2.05, 4.69) is 9.88 Å². The zero-order valence-corrected chi connectivity index (χ0v) is 12.1. The van der Waals surface area contributed by atoms with Crippen molar-refractivity contribution in [2.45, 2.75) is 25.8 Å². The molecule has 0 unspecified atom stereocenters. The number of anilines is 1. The van der Waals surface area contributed by atoms with E-state index in [0.29, 0.717) is 10.5 Å². The average Bonchev–Trinajstić information content (AvgIpc) is 2.89. The van der Waals surface area contributed by atoms with Gasteiger partial charge in [0.1, 0.15) is 0 Å². The second kappa shape index (κ2) is 5.74. The summed E-state index contributed by atoms with van der Waals surface area (Å²) in [4.78, 5) is 7.94. The minimum Gasteiger partial charge on any atom is -0.381 e. The van der Waals surface area contributed by atoms with Gasteiger partial charge in [0.2, 0.25) is 0 Å². The number of nitrogens with two attached hydrogens (primary N) is 1. The number of rotatable bonds is 2. The maximum absolute atomic E-state index is 5.66. The lowest BCUT2D eigenvalue weighted by atomic mass is 9.80. The van der Waals surface area contributed by atoms with E-state index < -0.39 is 0 Å². The van der Waals surface area contributed by atoms with Crippen LogP contribution in [0.5, 0.6) is 0 Å². The molecule has 4 nitrogen and oxygen atoms in total. The summed E-state index contributed by atoms with van der Waals surface area (Å²) in [6.07, 6.45) is 5.70. The Bertz CT molecular complexity index is 392. The molecule has 1 spiro atoms. The quantitative estimate of drug-likeness (QED) is 0.906. The molecule has 0 aliphatic carbocycles. The van der Waals surface area contributed by atoms with Gasteiger partial charge in [0.25, 0.3) is 0 Å². The summed E-state index contributed by atoms with van der Waals surface area (Å²) in [6, 6.07) is 0. The smallest absolute Gasteiger partial charge is 0.180 e. The number of aromatic nitrogens is 1. The summed E-state index contributed by atoms with van der Waals surface area (Å²) in [7, 11) is 0. The van der Waals surface area contributed by atoms with Gasteiger partial charge in [-0.25, -0.2) is 4.98 Å². The first-order chi connectivity index (χ1) is 8.26. The van der Waals surface area contributed by atoms with Gasteiger partial charge in [-0.05, 0) is 31.2 Å². The van der Waals surface area contributed by atoms with Crippen molar-refractivity contribution in [3.63, 3.8) is 0 Å². The van der Waals surface area contributed by atoms with Crippen molar-refractivity contribution < 1.29 is 4.74 Å². The second-order valence-corrected chi connectivity index (χ2v) is 6.38.